The second kappa shape index (κ2) is 6.01. The molecule has 1 unspecified atom stereocenters. The van der Waals surface area contributed by atoms with Gasteiger partial charge in [-0.25, -0.2) is 16.8 Å². The smallest absolute Gasteiger partial charge is 0.181 e. The summed E-state index contributed by atoms with van der Waals surface area (Å²) >= 11 is 5.87. The lowest BCUT2D eigenvalue weighted by Crippen LogP contribution is -2.34. The molecule has 1 saturated heterocycles. The molecule has 0 saturated carbocycles. The van der Waals surface area contributed by atoms with Crippen LogP contribution in [0.15, 0.2) is 29.2 Å². The van der Waals surface area contributed by atoms with E-state index in [0.29, 0.717) is 6.42 Å². The summed E-state index contributed by atoms with van der Waals surface area (Å²) in [4.78, 5) is 0.113. The second-order valence-electron chi connectivity index (χ2n) is 4.80. The average molecular weight is 338 g/mol. The summed E-state index contributed by atoms with van der Waals surface area (Å²) in [7, 11) is -6.41. The number of hydrogen-bond acceptors (Lipinski definition) is 5. The minimum absolute atomic E-state index is 0.0825. The van der Waals surface area contributed by atoms with Gasteiger partial charge in [-0.2, -0.15) is 0 Å². The zero-order valence-electron chi connectivity index (χ0n) is 10.7. The van der Waals surface area contributed by atoms with Crippen molar-refractivity contribution in [1.82, 2.24) is 5.32 Å². The first-order chi connectivity index (χ1) is 9.30. The van der Waals surface area contributed by atoms with Crippen molar-refractivity contribution in [3.05, 3.63) is 29.3 Å². The molecule has 5 nitrogen and oxygen atoms in total. The van der Waals surface area contributed by atoms with Crippen molar-refractivity contribution >= 4 is 31.3 Å². The number of rotatable bonds is 5. The van der Waals surface area contributed by atoms with E-state index in [9.17, 15) is 16.8 Å². The van der Waals surface area contributed by atoms with Crippen molar-refractivity contribution in [2.75, 3.05) is 23.8 Å². The highest BCUT2D eigenvalue weighted by Crippen LogP contribution is 2.21. The predicted octanol–water partition coefficient (Wildman–Crippen LogP) is 0.890. The highest BCUT2D eigenvalue weighted by atomic mass is 35.5. The van der Waals surface area contributed by atoms with E-state index in [4.69, 9.17) is 11.6 Å². The van der Waals surface area contributed by atoms with Gasteiger partial charge in [-0.05, 0) is 18.6 Å². The molecule has 20 heavy (non-hydrogen) atoms. The lowest BCUT2D eigenvalue weighted by atomic mass is 10.3. The summed E-state index contributed by atoms with van der Waals surface area (Å²) in [5.41, 5.74) is 0. The molecule has 1 heterocycles. The van der Waals surface area contributed by atoms with Crippen LogP contribution in [0.2, 0.25) is 5.02 Å². The Hall–Kier alpha value is -0.630. The molecule has 1 aromatic carbocycles. The Morgan fingerprint density at radius 3 is 2.60 bits per heavy atom. The monoisotopic (exact) mass is 337 g/mol. The highest BCUT2D eigenvalue weighted by molar-refractivity contribution is 7.91. The Labute approximate surface area is 124 Å². The Morgan fingerprint density at radius 1 is 1.30 bits per heavy atom. The molecule has 1 aliphatic heterocycles. The van der Waals surface area contributed by atoms with Gasteiger partial charge in [0.2, 0.25) is 0 Å². The number of sulfone groups is 2. The molecular weight excluding hydrogens is 322 g/mol. The Balaban J connectivity index is 1.93. The van der Waals surface area contributed by atoms with Crippen LogP contribution in [0.5, 0.6) is 0 Å². The van der Waals surface area contributed by atoms with E-state index in [2.05, 4.69) is 5.32 Å². The molecule has 1 aromatic rings. The van der Waals surface area contributed by atoms with Crippen LogP contribution < -0.4 is 5.32 Å². The summed E-state index contributed by atoms with van der Waals surface area (Å²) in [6, 6.07) is 6.14. The number of benzene rings is 1. The molecule has 0 amide bonds. The number of hydrogen-bond donors (Lipinski definition) is 1. The van der Waals surface area contributed by atoms with E-state index < -0.39 is 19.7 Å². The standard InChI is InChI=1S/C12H16ClNO4S2/c13-11-3-1-2-4-12(11)20(17,18)8-6-14-10-5-7-19(15,16)9-10/h1-4,10,14H,5-9H2. The maximum atomic E-state index is 12.1. The number of halogens is 1. The third-order valence-electron chi connectivity index (χ3n) is 3.21. The van der Waals surface area contributed by atoms with Gasteiger partial charge in [-0.1, -0.05) is 23.7 Å². The molecule has 0 aliphatic carbocycles. The molecule has 1 aliphatic rings. The fourth-order valence-electron chi connectivity index (χ4n) is 2.16. The van der Waals surface area contributed by atoms with Crippen LogP contribution in [-0.2, 0) is 19.7 Å². The predicted molar refractivity (Wildman–Crippen MR) is 78.6 cm³/mol. The third-order valence-corrected chi connectivity index (χ3v) is 7.19. The molecular formula is C12H16ClNO4S2. The van der Waals surface area contributed by atoms with E-state index in [1.165, 1.54) is 12.1 Å². The molecule has 0 aromatic heterocycles. The number of nitrogens with one attached hydrogen (secondary N) is 1. The highest BCUT2D eigenvalue weighted by Gasteiger charge is 2.27. The molecule has 1 atom stereocenters. The molecule has 1 N–H and O–H groups in total. The summed E-state index contributed by atoms with van der Waals surface area (Å²) in [5.74, 6) is 0.147. The van der Waals surface area contributed by atoms with Gasteiger partial charge < -0.3 is 5.32 Å². The first-order valence-corrected chi connectivity index (χ1v) is 10.1. The van der Waals surface area contributed by atoms with Crippen LogP contribution >= 0.6 is 11.6 Å². The van der Waals surface area contributed by atoms with Gasteiger partial charge in [-0.3, -0.25) is 0 Å². The quantitative estimate of drug-likeness (QED) is 0.863. The normalized spacial score (nSPS) is 21.9. The zero-order valence-corrected chi connectivity index (χ0v) is 13.1. The van der Waals surface area contributed by atoms with Gasteiger partial charge in [0.05, 0.1) is 27.2 Å². The molecule has 0 bridgehead atoms. The Bertz CT molecular complexity index is 685. The van der Waals surface area contributed by atoms with Crippen LogP contribution in [-0.4, -0.2) is 46.7 Å². The second-order valence-corrected chi connectivity index (χ2v) is 9.52. The van der Waals surface area contributed by atoms with Gasteiger partial charge in [0.15, 0.2) is 19.7 Å². The largest absolute Gasteiger partial charge is 0.312 e. The van der Waals surface area contributed by atoms with Crippen molar-refractivity contribution in [3.8, 4) is 0 Å². The Morgan fingerprint density at radius 2 is 2.00 bits per heavy atom. The van der Waals surface area contributed by atoms with Crippen LogP contribution in [0.4, 0.5) is 0 Å². The van der Waals surface area contributed by atoms with E-state index in [1.807, 2.05) is 0 Å². The van der Waals surface area contributed by atoms with Gasteiger partial charge in [-0.15, -0.1) is 0 Å². The van der Waals surface area contributed by atoms with E-state index in [1.54, 1.807) is 12.1 Å². The van der Waals surface area contributed by atoms with Crippen LogP contribution in [0.25, 0.3) is 0 Å². The lowest BCUT2D eigenvalue weighted by Gasteiger charge is -2.11. The van der Waals surface area contributed by atoms with Crippen LogP contribution in [0.1, 0.15) is 6.42 Å². The lowest BCUT2D eigenvalue weighted by molar-refractivity contribution is 0.560. The summed E-state index contributed by atoms with van der Waals surface area (Å²) in [6.45, 7) is 0.216. The fraction of sp³-hybridized carbons (Fsp3) is 0.500. The van der Waals surface area contributed by atoms with Gasteiger partial charge in [0, 0.05) is 12.6 Å². The fourth-order valence-corrected chi connectivity index (χ4v) is 5.61. The van der Waals surface area contributed by atoms with Gasteiger partial charge in [0.1, 0.15) is 0 Å². The summed E-state index contributed by atoms with van der Waals surface area (Å²) in [5, 5.41) is 3.19. The van der Waals surface area contributed by atoms with Crippen molar-refractivity contribution in [1.29, 1.82) is 0 Å². The third kappa shape index (κ3) is 3.94. The molecule has 1 fully saturated rings. The van der Waals surface area contributed by atoms with Crippen molar-refractivity contribution in [3.63, 3.8) is 0 Å². The zero-order chi connectivity index (χ0) is 14.8. The van der Waals surface area contributed by atoms with Crippen molar-refractivity contribution < 1.29 is 16.8 Å². The molecule has 2 rings (SSSR count). The first kappa shape index (κ1) is 15.8. The summed E-state index contributed by atoms with van der Waals surface area (Å²) < 4.78 is 46.8. The van der Waals surface area contributed by atoms with Gasteiger partial charge in [0.25, 0.3) is 0 Å². The van der Waals surface area contributed by atoms with Crippen LogP contribution in [0.3, 0.4) is 0 Å². The van der Waals surface area contributed by atoms with E-state index in [-0.39, 0.29) is 39.8 Å². The minimum Gasteiger partial charge on any atom is -0.312 e. The maximum Gasteiger partial charge on any atom is 0.181 e. The van der Waals surface area contributed by atoms with Crippen LogP contribution in [0, 0.1) is 0 Å². The van der Waals surface area contributed by atoms with Crippen molar-refractivity contribution in [2.24, 2.45) is 0 Å². The van der Waals surface area contributed by atoms with E-state index >= 15 is 0 Å². The molecule has 0 radical (unpaired) electrons. The Kier molecular flexibility index (Phi) is 4.73. The maximum absolute atomic E-state index is 12.1. The molecule has 8 heteroatoms. The average Bonchev–Trinajstić information content (AvgIpc) is 2.69. The van der Waals surface area contributed by atoms with Crippen molar-refractivity contribution in [2.45, 2.75) is 17.4 Å². The topological polar surface area (TPSA) is 80.3 Å². The minimum atomic E-state index is -3.46. The van der Waals surface area contributed by atoms with E-state index in [0.717, 1.165) is 0 Å². The molecule has 112 valence electrons. The first-order valence-electron chi connectivity index (χ1n) is 6.21. The SMILES string of the molecule is O=S1(=O)CCC(NCCS(=O)(=O)c2ccccc2Cl)C1. The molecule has 0 spiro atoms. The summed E-state index contributed by atoms with van der Waals surface area (Å²) in [6.07, 6.45) is 0.536. The van der Waals surface area contributed by atoms with Gasteiger partial charge >= 0.3 is 0 Å².